The molecule has 4 N–H and O–H groups in total. The van der Waals surface area contributed by atoms with E-state index in [9.17, 15) is 30.7 Å². The van der Waals surface area contributed by atoms with Crippen molar-refractivity contribution in [1.29, 1.82) is 0 Å². The van der Waals surface area contributed by atoms with E-state index >= 15 is 0 Å². The van der Waals surface area contributed by atoms with Crippen LogP contribution >= 0.6 is 0 Å². The molecule has 0 radical (unpaired) electrons. The molecule has 0 amide bonds. The quantitative estimate of drug-likeness (QED) is 0.0657. The molecule has 21 heteroatoms. The highest BCUT2D eigenvalue weighted by Crippen LogP contribution is 2.50. The van der Waals surface area contributed by atoms with Crippen LogP contribution in [0.3, 0.4) is 0 Å². The van der Waals surface area contributed by atoms with Gasteiger partial charge in [-0.05, 0) is 138 Å². The summed E-state index contributed by atoms with van der Waals surface area (Å²) in [6, 6.07) is 21.0. The molecule has 0 spiro atoms. The molecule has 0 unspecified atom stereocenters. The van der Waals surface area contributed by atoms with Crippen LogP contribution in [0.4, 0.5) is 30.7 Å². The van der Waals surface area contributed by atoms with Crippen molar-refractivity contribution in [2.24, 2.45) is 11.5 Å². The molecule has 14 nitrogen and oxygen atoms in total. The normalized spacial score (nSPS) is 14.9. The summed E-state index contributed by atoms with van der Waals surface area (Å²) in [5.74, 6) is 3.43. The summed E-state index contributed by atoms with van der Waals surface area (Å²) in [5.41, 5.74) is 11.5. The van der Waals surface area contributed by atoms with Gasteiger partial charge in [0.05, 0.1) is 19.0 Å². The van der Waals surface area contributed by atoms with Gasteiger partial charge in [0.1, 0.15) is 37.1 Å². The van der Waals surface area contributed by atoms with Crippen molar-refractivity contribution < 1.29 is 44.9 Å². The van der Waals surface area contributed by atoms with Crippen LogP contribution in [0.2, 0.25) is 0 Å². The second-order valence-corrected chi connectivity index (χ2v) is 17.2. The summed E-state index contributed by atoms with van der Waals surface area (Å²) in [6.45, 7) is 10.9. The Morgan fingerprint density at radius 1 is 0.569 bits per heavy atom. The van der Waals surface area contributed by atoms with Crippen molar-refractivity contribution in [2.75, 3.05) is 32.9 Å². The highest BCUT2D eigenvalue weighted by Gasteiger charge is 2.50. The van der Waals surface area contributed by atoms with Gasteiger partial charge in [-0.3, -0.25) is 0 Å². The zero-order chi connectivity index (χ0) is 52.0. The number of nitrogens with zero attached hydrogens (tertiary/aromatic N) is 9. The van der Waals surface area contributed by atoms with Crippen LogP contribution in [0.15, 0.2) is 109 Å². The number of ether oxygens (including phenoxy) is 3. The molecule has 0 atom stereocenters. The topological polar surface area (TPSA) is 172 Å². The maximum absolute atomic E-state index is 14.5. The Balaban J connectivity index is 0.000000177. The number of halogens is 7. The summed E-state index contributed by atoms with van der Waals surface area (Å²) in [6.07, 6.45) is 1.41. The number of alkyl halides is 4. The summed E-state index contributed by atoms with van der Waals surface area (Å²) in [7, 11) is 0. The standard InChI is InChI=1S/C19H23F2N3O.C17H20F2N4O.C15H17F3N4O/c1-4-14(11-20)12-25-16-7-5-15(6-8-16)17-22-18(19(21)9-10-19)24(23-17)13(2)3;1-2-23-16(17(19)7-8-17)21-15(22-23)13-3-5-14(6-4-13)24-11-12(9-18)10-20;1-2-22-15(13(17)18)20-14(21-22)11-3-5-12(6-4-11)23-9-10(7-16)8-19/h5-8,11,13H,4,9-10,12H2,1-3H3;3-6,9H,2,7-8,10-11,20H2,1H3;3-7,13H,2,8-9,19H2,1H3/b14-11+;12-9+;10-7+. The minimum Gasteiger partial charge on any atom is -0.489 e. The molecule has 3 aromatic heterocycles. The van der Waals surface area contributed by atoms with Gasteiger partial charge in [-0.1, -0.05) is 6.92 Å². The Bertz CT molecular complexity index is 2760. The van der Waals surface area contributed by atoms with Crippen molar-refractivity contribution in [2.45, 2.75) is 104 Å². The average Bonchev–Trinajstić information content (AvgIpc) is 4.08. The van der Waals surface area contributed by atoms with Crippen LogP contribution < -0.4 is 25.7 Å². The first-order chi connectivity index (χ1) is 34.6. The molecule has 72 heavy (non-hydrogen) atoms. The summed E-state index contributed by atoms with van der Waals surface area (Å²) in [4.78, 5) is 12.7. The molecule has 3 heterocycles. The number of hydrogen-bond acceptors (Lipinski definition) is 11. The number of rotatable bonds is 21. The monoisotopic (exact) mass is 1010 g/mol. The average molecular weight is 1010 g/mol. The maximum Gasteiger partial charge on any atom is 0.297 e. The molecule has 386 valence electrons. The Labute approximate surface area is 413 Å². The third kappa shape index (κ3) is 14.0. The summed E-state index contributed by atoms with van der Waals surface area (Å²) < 4.78 is 113. The maximum atomic E-state index is 14.5. The van der Waals surface area contributed by atoms with Gasteiger partial charge in [-0.2, -0.15) is 15.3 Å². The molecule has 0 aliphatic heterocycles. The summed E-state index contributed by atoms with van der Waals surface area (Å²) >= 11 is 0. The molecular weight excluding hydrogens is 948 g/mol. The van der Waals surface area contributed by atoms with Gasteiger partial charge in [-0.15, -0.1) is 0 Å². The van der Waals surface area contributed by atoms with E-state index in [0.29, 0.717) is 127 Å². The van der Waals surface area contributed by atoms with E-state index in [0.717, 1.165) is 11.1 Å². The Morgan fingerprint density at radius 3 is 1.29 bits per heavy atom. The first-order valence-electron chi connectivity index (χ1n) is 23.6. The largest absolute Gasteiger partial charge is 0.489 e. The van der Waals surface area contributed by atoms with Crippen LogP contribution in [0, 0.1) is 0 Å². The van der Waals surface area contributed by atoms with Crippen LogP contribution in [-0.4, -0.2) is 77.2 Å². The van der Waals surface area contributed by atoms with E-state index in [1.165, 1.54) is 4.68 Å². The molecule has 2 fully saturated rings. The van der Waals surface area contributed by atoms with Crippen molar-refractivity contribution in [1.82, 2.24) is 44.3 Å². The van der Waals surface area contributed by atoms with Gasteiger partial charge < -0.3 is 25.7 Å². The highest BCUT2D eigenvalue weighted by molar-refractivity contribution is 5.58. The Morgan fingerprint density at radius 2 is 0.944 bits per heavy atom. The second kappa shape index (κ2) is 25.0. The molecule has 6 aromatic rings. The van der Waals surface area contributed by atoms with E-state index in [1.807, 2.05) is 39.8 Å². The predicted molar refractivity (Wildman–Crippen MR) is 260 cm³/mol. The molecule has 0 saturated heterocycles. The lowest BCUT2D eigenvalue weighted by Gasteiger charge is -2.10. The minimum atomic E-state index is -2.68. The highest BCUT2D eigenvalue weighted by atomic mass is 19.3. The van der Waals surface area contributed by atoms with Crippen molar-refractivity contribution in [3.8, 4) is 51.4 Å². The zero-order valence-electron chi connectivity index (χ0n) is 40.9. The Kier molecular flexibility index (Phi) is 18.9. The number of aromatic nitrogens is 9. The summed E-state index contributed by atoms with van der Waals surface area (Å²) in [5, 5.41) is 12.9. The van der Waals surface area contributed by atoms with E-state index in [4.69, 9.17) is 25.7 Å². The number of nitrogens with two attached hydrogens (primary N) is 2. The molecule has 8 rings (SSSR count). The molecule has 2 aliphatic carbocycles. The zero-order valence-corrected chi connectivity index (χ0v) is 40.9. The lowest BCUT2D eigenvalue weighted by molar-refractivity contribution is 0.134. The van der Waals surface area contributed by atoms with Crippen LogP contribution in [0.25, 0.3) is 34.2 Å². The van der Waals surface area contributed by atoms with Gasteiger partial charge in [0.15, 0.2) is 46.3 Å². The smallest absolute Gasteiger partial charge is 0.297 e. The van der Waals surface area contributed by atoms with Gasteiger partial charge in [0.25, 0.3) is 6.43 Å². The van der Waals surface area contributed by atoms with Crippen LogP contribution in [-0.2, 0) is 24.4 Å². The SMILES string of the molecule is CC/C(=C\F)COc1ccc(-c2nc(C3(F)CC3)n(C(C)C)n2)cc1.CCn1nc(-c2ccc(OC/C(=C/F)CN)cc2)nc1C(F)F.CCn1nc(-c2ccc(OC/C(=C/F)CN)cc2)nc1C1(F)CC1. The van der Waals surface area contributed by atoms with E-state index in [1.54, 1.807) is 77.0 Å². The first kappa shape index (κ1) is 54.5. The third-order valence-corrected chi connectivity index (χ3v) is 11.5. The van der Waals surface area contributed by atoms with Gasteiger partial charge in [0, 0.05) is 60.1 Å². The van der Waals surface area contributed by atoms with Gasteiger partial charge >= 0.3 is 0 Å². The molecule has 2 saturated carbocycles. The van der Waals surface area contributed by atoms with Crippen LogP contribution in [0.5, 0.6) is 17.2 Å². The molecular formula is C51H60F7N11O3. The Hall–Kier alpha value is -6.87. The number of benzene rings is 3. The van der Waals surface area contributed by atoms with Crippen molar-refractivity contribution in [3.05, 3.63) is 126 Å². The number of hydrogen-bond donors (Lipinski definition) is 2. The predicted octanol–water partition coefficient (Wildman–Crippen LogP) is 11.3. The van der Waals surface area contributed by atoms with Gasteiger partial charge in [0.2, 0.25) is 0 Å². The lowest BCUT2D eigenvalue weighted by atomic mass is 10.2. The van der Waals surface area contributed by atoms with Crippen LogP contribution in [0.1, 0.15) is 96.7 Å². The second-order valence-electron chi connectivity index (χ2n) is 17.2. The molecule has 3 aromatic carbocycles. The molecule has 0 bridgehead atoms. The van der Waals surface area contributed by atoms with E-state index in [-0.39, 0.29) is 50.6 Å². The lowest BCUT2D eigenvalue weighted by Crippen LogP contribution is -2.13. The molecule has 2 aliphatic rings. The van der Waals surface area contributed by atoms with E-state index < -0.39 is 17.8 Å². The fourth-order valence-corrected chi connectivity index (χ4v) is 6.77. The minimum absolute atomic E-state index is 0.0462. The van der Waals surface area contributed by atoms with Crippen molar-refractivity contribution >= 4 is 0 Å². The third-order valence-electron chi connectivity index (χ3n) is 11.5. The fraction of sp³-hybridized carbons (Fsp3) is 0.412. The van der Waals surface area contributed by atoms with Crippen molar-refractivity contribution in [3.63, 3.8) is 0 Å². The fourth-order valence-electron chi connectivity index (χ4n) is 6.77. The first-order valence-corrected chi connectivity index (χ1v) is 23.6. The van der Waals surface area contributed by atoms with Gasteiger partial charge in [-0.25, -0.2) is 59.7 Å². The number of aryl methyl sites for hydroxylation is 2. The van der Waals surface area contributed by atoms with E-state index in [2.05, 4.69) is 30.2 Å².